The molecule has 0 saturated carbocycles. The molecule has 0 aliphatic carbocycles. The van der Waals surface area contributed by atoms with E-state index in [1.165, 1.54) is 12.1 Å². The van der Waals surface area contributed by atoms with Gasteiger partial charge < -0.3 is 14.9 Å². The normalized spacial score (nSPS) is 11.0. The van der Waals surface area contributed by atoms with Gasteiger partial charge in [-0.25, -0.2) is 13.2 Å². The Balaban J connectivity index is 1.71. The zero-order valence-electron chi connectivity index (χ0n) is 14.6. The first-order chi connectivity index (χ1) is 13.3. The van der Waals surface area contributed by atoms with E-state index in [1.54, 1.807) is 12.1 Å². The van der Waals surface area contributed by atoms with Crippen molar-refractivity contribution in [1.82, 2.24) is 0 Å². The predicted octanol–water partition coefficient (Wildman–Crippen LogP) is 3.47. The number of hydrogen-bond acceptors (Lipinski definition) is 5. The van der Waals surface area contributed by atoms with Gasteiger partial charge in [0.05, 0.1) is 4.90 Å². The molecular formula is C20H17NO6S. The van der Waals surface area contributed by atoms with Crippen molar-refractivity contribution in [1.29, 1.82) is 0 Å². The Morgan fingerprint density at radius 3 is 2.29 bits per heavy atom. The van der Waals surface area contributed by atoms with Crippen molar-refractivity contribution >= 4 is 21.7 Å². The molecule has 0 amide bonds. The smallest absolute Gasteiger partial charge is 0.339 e. The Kier molecular flexibility index (Phi) is 5.51. The fourth-order valence-electron chi connectivity index (χ4n) is 2.43. The van der Waals surface area contributed by atoms with Gasteiger partial charge in [-0.1, -0.05) is 30.3 Å². The number of anilines is 1. The van der Waals surface area contributed by atoms with Crippen LogP contribution in [0, 0.1) is 0 Å². The van der Waals surface area contributed by atoms with Crippen LogP contribution < -0.4 is 9.46 Å². The lowest BCUT2D eigenvalue weighted by Crippen LogP contribution is -2.13. The zero-order chi connectivity index (χ0) is 20.1. The van der Waals surface area contributed by atoms with Crippen LogP contribution >= 0.6 is 0 Å². The Morgan fingerprint density at radius 1 is 0.964 bits per heavy atom. The van der Waals surface area contributed by atoms with E-state index in [1.807, 2.05) is 30.3 Å². The molecule has 7 nitrogen and oxygen atoms in total. The maximum absolute atomic E-state index is 12.5. The Bertz CT molecular complexity index is 1080. The highest BCUT2D eigenvalue weighted by atomic mass is 32.2. The van der Waals surface area contributed by atoms with Crippen LogP contribution in [0.3, 0.4) is 0 Å². The van der Waals surface area contributed by atoms with Crippen molar-refractivity contribution in [2.24, 2.45) is 0 Å². The number of nitrogens with one attached hydrogen (secondary N) is 1. The average molecular weight is 399 g/mol. The number of sulfonamides is 1. The van der Waals surface area contributed by atoms with Gasteiger partial charge >= 0.3 is 5.97 Å². The number of carboxylic acids is 1. The fourth-order valence-corrected chi connectivity index (χ4v) is 3.51. The van der Waals surface area contributed by atoms with E-state index < -0.39 is 27.3 Å². The van der Waals surface area contributed by atoms with E-state index in [0.717, 1.165) is 23.8 Å². The maximum atomic E-state index is 12.5. The number of aromatic carboxylic acids is 1. The van der Waals surface area contributed by atoms with E-state index in [9.17, 15) is 18.3 Å². The second-order valence-corrected chi connectivity index (χ2v) is 7.57. The molecule has 0 aliphatic rings. The molecule has 0 radical (unpaired) electrons. The van der Waals surface area contributed by atoms with Gasteiger partial charge in [-0.15, -0.1) is 0 Å². The van der Waals surface area contributed by atoms with Crippen molar-refractivity contribution in [3.63, 3.8) is 0 Å². The van der Waals surface area contributed by atoms with Gasteiger partial charge in [0.2, 0.25) is 0 Å². The average Bonchev–Trinajstić information content (AvgIpc) is 2.68. The predicted molar refractivity (Wildman–Crippen MR) is 103 cm³/mol. The summed E-state index contributed by atoms with van der Waals surface area (Å²) in [6.07, 6.45) is 0. The Hall–Kier alpha value is -3.52. The van der Waals surface area contributed by atoms with Crippen molar-refractivity contribution in [3.8, 4) is 11.5 Å². The highest BCUT2D eigenvalue weighted by molar-refractivity contribution is 7.92. The largest absolute Gasteiger partial charge is 0.507 e. The molecule has 0 bridgehead atoms. The SMILES string of the molecule is O=C(O)c1cc(S(=O)(=O)Nc2ccc(OCc3ccccc3)cc2)ccc1O. The third kappa shape index (κ3) is 4.60. The molecule has 0 aliphatic heterocycles. The van der Waals surface area contributed by atoms with E-state index in [-0.39, 0.29) is 10.6 Å². The summed E-state index contributed by atoms with van der Waals surface area (Å²) in [7, 11) is -4.02. The van der Waals surface area contributed by atoms with Crippen molar-refractivity contribution in [2.75, 3.05) is 4.72 Å². The molecule has 0 heterocycles. The minimum Gasteiger partial charge on any atom is -0.507 e. The highest BCUT2D eigenvalue weighted by Crippen LogP contribution is 2.24. The summed E-state index contributed by atoms with van der Waals surface area (Å²) in [4.78, 5) is 10.8. The summed E-state index contributed by atoms with van der Waals surface area (Å²) in [5.41, 5.74) is 0.804. The van der Waals surface area contributed by atoms with Gasteiger partial charge in [-0.2, -0.15) is 0 Å². The summed E-state index contributed by atoms with van der Waals surface area (Å²) < 4.78 is 32.9. The topological polar surface area (TPSA) is 113 Å². The number of benzene rings is 3. The highest BCUT2D eigenvalue weighted by Gasteiger charge is 2.19. The summed E-state index contributed by atoms with van der Waals surface area (Å²) in [5, 5.41) is 18.5. The third-order valence-electron chi connectivity index (χ3n) is 3.86. The van der Waals surface area contributed by atoms with Crippen LogP contribution in [-0.2, 0) is 16.6 Å². The zero-order valence-corrected chi connectivity index (χ0v) is 15.4. The van der Waals surface area contributed by atoms with E-state index in [2.05, 4.69) is 4.72 Å². The summed E-state index contributed by atoms with van der Waals surface area (Å²) >= 11 is 0. The summed E-state index contributed by atoms with van der Waals surface area (Å²) in [5.74, 6) is -1.36. The molecular weight excluding hydrogens is 382 g/mol. The molecule has 0 spiro atoms. The van der Waals surface area contributed by atoms with Crippen LogP contribution in [-0.4, -0.2) is 24.6 Å². The monoisotopic (exact) mass is 399 g/mol. The van der Waals surface area contributed by atoms with Crippen molar-refractivity contribution < 1.29 is 28.2 Å². The van der Waals surface area contributed by atoms with Gasteiger partial charge in [0.1, 0.15) is 23.7 Å². The van der Waals surface area contributed by atoms with Gasteiger partial charge in [0.15, 0.2) is 0 Å². The fraction of sp³-hybridized carbons (Fsp3) is 0.0500. The van der Waals surface area contributed by atoms with Gasteiger partial charge in [-0.3, -0.25) is 4.72 Å². The van der Waals surface area contributed by atoms with Gasteiger partial charge in [0.25, 0.3) is 10.0 Å². The first-order valence-electron chi connectivity index (χ1n) is 8.21. The van der Waals surface area contributed by atoms with Crippen LogP contribution in [0.4, 0.5) is 5.69 Å². The first-order valence-corrected chi connectivity index (χ1v) is 9.69. The minimum absolute atomic E-state index is 0.271. The van der Waals surface area contributed by atoms with Crippen molar-refractivity contribution in [2.45, 2.75) is 11.5 Å². The van der Waals surface area contributed by atoms with Crippen LogP contribution in [0.15, 0.2) is 77.7 Å². The third-order valence-corrected chi connectivity index (χ3v) is 5.24. The number of carbonyl (C=O) groups is 1. The maximum Gasteiger partial charge on any atom is 0.339 e. The molecule has 144 valence electrons. The number of ether oxygens (including phenoxy) is 1. The van der Waals surface area contributed by atoms with Crippen LogP contribution in [0.5, 0.6) is 11.5 Å². The number of aromatic hydroxyl groups is 1. The molecule has 3 rings (SSSR count). The lowest BCUT2D eigenvalue weighted by atomic mass is 10.2. The molecule has 3 N–H and O–H groups in total. The lowest BCUT2D eigenvalue weighted by Gasteiger charge is -2.11. The Labute approximate surface area is 161 Å². The number of hydrogen-bond donors (Lipinski definition) is 3. The Morgan fingerprint density at radius 2 is 1.64 bits per heavy atom. The molecule has 0 atom stereocenters. The lowest BCUT2D eigenvalue weighted by molar-refractivity contribution is 0.0693. The van der Waals surface area contributed by atoms with Crippen LogP contribution in [0.25, 0.3) is 0 Å². The van der Waals surface area contributed by atoms with E-state index in [4.69, 9.17) is 9.84 Å². The molecule has 0 fully saturated rings. The molecule has 0 saturated heterocycles. The quantitative estimate of drug-likeness (QED) is 0.561. The minimum atomic E-state index is -4.02. The number of phenols is 1. The standard InChI is InChI=1S/C20H17NO6S/c22-19-11-10-17(12-18(19)20(23)24)28(25,26)21-15-6-8-16(9-7-15)27-13-14-4-2-1-3-5-14/h1-12,21-22H,13H2,(H,23,24). The second kappa shape index (κ2) is 8.01. The van der Waals surface area contributed by atoms with Gasteiger partial charge in [-0.05, 0) is 48.0 Å². The number of rotatable bonds is 7. The molecule has 8 heteroatoms. The summed E-state index contributed by atoms with van der Waals surface area (Å²) in [6.45, 7) is 0.386. The second-order valence-electron chi connectivity index (χ2n) is 5.89. The summed E-state index contributed by atoms with van der Waals surface area (Å²) in [6, 6.07) is 19.0. The van der Waals surface area contributed by atoms with Crippen molar-refractivity contribution in [3.05, 3.63) is 83.9 Å². The first kappa shape index (κ1) is 19.2. The molecule has 0 unspecified atom stereocenters. The van der Waals surface area contributed by atoms with Gasteiger partial charge in [0, 0.05) is 5.69 Å². The molecule has 3 aromatic rings. The number of carboxylic acid groups (broad SMARTS) is 1. The van der Waals surface area contributed by atoms with Crippen LogP contribution in [0.1, 0.15) is 15.9 Å². The van der Waals surface area contributed by atoms with E-state index in [0.29, 0.717) is 12.4 Å². The van der Waals surface area contributed by atoms with E-state index >= 15 is 0 Å². The van der Waals surface area contributed by atoms with Crippen LogP contribution in [0.2, 0.25) is 0 Å². The molecule has 3 aromatic carbocycles. The molecule has 0 aromatic heterocycles. The molecule has 28 heavy (non-hydrogen) atoms.